The molecule has 1 aromatic heterocycles. The van der Waals surface area contributed by atoms with Gasteiger partial charge in [-0.25, -0.2) is 9.48 Å². The minimum absolute atomic E-state index is 0.131. The molecule has 0 amide bonds. The van der Waals surface area contributed by atoms with Crippen LogP contribution in [0.1, 0.15) is 43.0 Å². The van der Waals surface area contributed by atoms with Gasteiger partial charge < -0.3 is 24.1 Å². The molecule has 0 saturated carbocycles. The highest BCUT2D eigenvalue weighted by Crippen LogP contribution is 2.46. The van der Waals surface area contributed by atoms with Gasteiger partial charge in [-0.05, 0) is 20.8 Å². The Balaban J connectivity index is 1.71. The van der Waals surface area contributed by atoms with E-state index in [1.54, 1.807) is 25.5 Å². The molecule has 0 bridgehead atoms. The van der Waals surface area contributed by atoms with E-state index in [9.17, 15) is 9.90 Å². The van der Waals surface area contributed by atoms with Gasteiger partial charge in [0.1, 0.15) is 18.2 Å². The molecule has 3 aliphatic heterocycles. The number of rotatable bonds is 2. The van der Waals surface area contributed by atoms with Crippen molar-refractivity contribution in [1.29, 1.82) is 0 Å². The number of carbonyl (C=O) groups is 1. The highest BCUT2D eigenvalue weighted by Gasteiger charge is 2.59. The van der Waals surface area contributed by atoms with Crippen LogP contribution in [0.25, 0.3) is 0 Å². The molecule has 126 valence electrons. The predicted octanol–water partition coefficient (Wildman–Crippen LogP) is -0.211. The predicted molar refractivity (Wildman–Crippen MR) is 73.4 cm³/mol. The molecule has 0 aromatic carbocycles. The zero-order valence-corrected chi connectivity index (χ0v) is 13.1. The van der Waals surface area contributed by atoms with Crippen LogP contribution in [0.2, 0.25) is 0 Å². The zero-order chi connectivity index (χ0) is 16.4. The average Bonchev–Trinajstić information content (AvgIpc) is 3.09. The third kappa shape index (κ3) is 2.18. The first-order valence-corrected chi connectivity index (χ1v) is 7.71. The molecule has 3 aliphatic rings. The largest absolute Gasteiger partial charge is 0.461 e. The van der Waals surface area contributed by atoms with Gasteiger partial charge in [0, 0.05) is 6.42 Å². The minimum atomic E-state index is -0.792. The molecule has 1 N–H and O–H groups in total. The molecule has 4 heterocycles. The Morgan fingerprint density at radius 3 is 2.96 bits per heavy atom. The minimum Gasteiger partial charge on any atom is -0.461 e. The number of aromatic nitrogens is 3. The second kappa shape index (κ2) is 4.97. The summed E-state index contributed by atoms with van der Waals surface area (Å²) in [5.74, 6) is -1.31. The number of carbonyl (C=O) groups excluding carboxylic acids is 1. The zero-order valence-electron chi connectivity index (χ0n) is 13.1. The van der Waals surface area contributed by atoms with Gasteiger partial charge >= 0.3 is 5.97 Å². The van der Waals surface area contributed by atoms with Crippen molar-refractivity contribution in [3.8, 4) is 0 Å². The van der Waals surface area contributed by atoms with E-state index < -0.39 is 42.4 Å². The van der Waals surface area contributed by atoms with Crippen molar-refractivity contribution in [2.75, 3.05) is 6.61 Å². The van der Waals surface area contributed by atoms with E-state index in [1.165, 1.54) is 0 Å². The lowest BCUT2D eigenvalue weighted by Gasteiger charge is -2.33. The van der Waals surface area contributed by atoms with Crippen LogP contribution in [0, 0.1) is 0 Å². The second-order valence-corrected chi connectivity index (χ2v) is 6.38. The third-order valence-corrected chi connectivity index (χ3v) is 4.38. The van der Waals surface area contributed by atoms with E-state index in [0.29, 0.717) is 5.69 Å². The lowest BCUT2D eigenvalue weighted by Crippen LogP contribution is -2.44. The van der Waals surface area contributed by atoms with E-state index in [2.05, 4.69) is 10.3 Å². The Morgan fingerprint density at radius 2 is 2.22 bits per heavy atom. The molecule has 9 heteroatoms. The summed E-state index contributed by atoms with van der Waals surface area (Å²) < 4.78 is 24.0. The molecule has 9 nitrogen and oxygen atoms in total. The number of ether oxygens (including phenoxy) is 4. The van der Waals surface area contributed by atoms with E-state index in [1.807, 2.05) is 0 Å². The smallest absolute Gasteiger partial charge is 0.360 e. The van der Waals surface area contributed by atoms with Crippen LogP contribution in [0.4, 0.5) is 0 Å². The standard InChI is InChI=1S/C14H19N3O6/c1-4-20-12(19)8-6-5-7(18)10-9(17(6)16-15-8)11-13(21-10)23-14(2,3)22-11/h7,9-11,13,18H,4-5H2,1-3H3. The normalized spacial score (nSPS) is 37.1. The van der Waals surface area contributed by atoms with Crippen LogP contribution in [0.3, 0.4) is 0 Å². The fourth-order valence-corrected chi connectivity index (χ4v) is 3.53. The van der Waals surface area contributed by atoms with Gasteiger partial charge in [-0.2, -0.15) is 0 Å². The molecule has 0 radical (unpaired) electrons. The third-order valence-electron chi connectivity index (χ3n) is 4.38. The van der Waals surface area contributed by atoms with Crippen molar-refractivity contribution in [2.45, 2.75) is 63.6 Å². The first-order valence-electron chi connectivity index (χ1n) is 7.71. The van der Waals surface area contributed by atoms with Gasteiger partial charge in [-0.15, -0.1) is 5.10 Å². The van der Waals surface area contributed by atoms with Crippen molar-refractivity contribution in [1.82, 2.24) is 15.0 Å². The Kier molecular flexibility index (Phi) is 3.24. The van der Waals surface area contributed by atoms with E-state index >= 15 is 0 Å². The summed E-state index contributed by atoms with van der Waals surface area (Å²) in [5, 5.41) is 18.4. The van der Waals surface area contributed by atoms with Crippen LogP contribution < -0.4 is 0 Å². The molecule has 23 heavy (non-hydrogen) atoms. The Morgan fingerprint density at radius 1 is 1.43 bits per heavy atom. The highest BCUT2D eigenvalue weighted by atomic mass is 16.8. The van der Waals surface area contributed by atoms with E-state index in [0.717, 1.165) is 0 Å². The number of fused-ring (bicyclic) bond motifs is 5. The van der Waals surface area contributed by atoms with E-state index in [-0.39, 0.29) is 18.7 Å². The average molecular weight is 325 g/mol. The number of aliphatic hydroxyl groups is 1. The number of hydrogen-bond acceptors (Lipinski definition) is 8. The van der Waals surface area contributed by atoms with Gasteiger partial charge in [-0.3, -0.25) is 0 Å². The molecule has 5 atom stereocenters. The molecule has 5 unspecified atom stereocenters. The fraction of sp³-hybridized carbons (Fsp3) is 0.786. The lowest BCUT2D eigenvalue weighted by atomic mass is 9.94. The van der Waals surface area contributed by atoms with Crippen LogP contribution in [0.15, 0.2) is 0 Å². The Bertz CT molecular complexity index is 644. The maximum absolute atomic E-state index is 12.0. The van der Waals surface area contributed by atoms with Crippen LogP contribution in [-0.2, 0) is 25.4 Å². The molecule has 2 fully saturated rings. The molecular formula is C14H19N3O6. The quantitative estimate of drug-likeness (QED) is 0.745. The maximum Gasteiger partial charge on any atom is 0.360 e. The topological polar surface area (TPSA) is 105 Å². The second-order valence-electron chi connectivity index (χ2n) is 6.38. The molecule has 0 aliphatic carbocycles. The fourth-order valence-electron chi connectivity index (χ4n) is 3.53. The number of aliphatic hydroxyl groups excluding tert-OH is 1. The molecular weight excluding hydrogens is 306 g/mol. The summed E-state index contributed by atoms with van der Waals surface area (Å²) in [6, 6.07) is -0.392. The summed E-state index contributed by atoms with van der Waals surface area (Å²) in [7, 11) is 0. The lowest BCUT2D eigenvalue weighted by molar-refractivity contribution is -0.221. The summed E-state index contributed by atoms with van der Waals surface area (Å²) in [5.41, 5.74) is 0.667. The molecule has 1 aromatic rings. The van der Waals surface area contributed by atoms with Gasteiger partial charge in [0.05, 0.1) is 18.4 Å². The van der Waals surface area contributed by atoms with Crippen LogP contribution in [0.5, 0.6) is 0 Å². The van der Waals surface area contributed by atoms with Gasteiger partial charge in [0.15, 0.2) is 17.8 Å². The van der Waals surface area contributed by atoms with Gasteiger partial charge in [-0.1, -0.05) is 5.21 Å². The van der Waals surface area contributed by atoms with Crippen LogP contribution in [-0.4, -0.2) is 63.1 Å². The number of hydrogen-bond donors (Lipinski definition) is 1. The number of nitrogens with zero attached hydrogens (tertiary/aromatic N) is 3. The highest BCUT2D eigenvalue weighted by molar-refractivity contribution is 5.88. The summed E-state index contributed by atoms with van der Waals surface area (Å²) >= 11 is 0. The summed E-state index contributed by atoms with van der Waals surface area (Å²) in [4.78, 5) is 12.0. The van der Waals surface area contributed by atoms with Crippen LogP contribution >= 0.6 is 0 Å². The molecule has 0 spiro atoms. The van der Waals surface area contributed by atoms with Gasteiger partial charge in [0.25, 0.3) is 0 Å². The van der Waals surface area contributed by atoms with Crippen molar-refractivity contribution in [2.24, 2.45) is 0 Å². The van der Waals surface area contributed by atoms with E-state index in [4.69, 9.17) is 18.9 Å². The monoisotopic (exact) mass is 325 g/mol. The van der Waals surface area contributed by atoms with Gasteiger partial charge in [0.2, 0.25) is 0 Å². The Hall–Kier alpha value is -1.55. The molecule has 2 saturated heterocycles. The van der Waals surface area contributed by atoms with Crippen molar-refractivity contribution < 1.29 is 28.8 Å². The molecule has 4 rings (SSSR count). The maximum atomic E-state index is 12.0. The first-order chi connectivity index (χ1) is 10.9. The van der Waals surface area contributed by atoms with Crippen molar-refractivity contribution in [3.05, 3.63) is 11.4 Å². The van der Waals surface area contributed by atoms with Crippen molar-refractivity contribution in [3.63, 3.8) is 0 Å². The number of esters is 1. The first kappa shape index (κ1) is 15.0. The summed E-state index contributed by atoms with van der Waals surface area (Å²) in [6.45, 7) is 5.57. The Labute approximate surface area is 132 Å². The SMILES string of the molecule is CCOC(=O)c1nnn2c1CC(O)C1OC3OC(C)(C)OC3C12. The summed E-state index contributed by atoms with van der Waals surface area (Å²) in [6.07, 6.45) is -2.08. The van der Waals surface area contributed by atoms with Crippen molar-refractivity contribution >= 4 is 5.97 Å².